The van der Waals surface area contributed by atoms with Gasteiger partial charge in [-0.3, -0.25) is 4.79 Å². The molecular weight excluding hydrogens is 563 g/mol. The summed E-state index contributed by atoms with van der Waals surface area (Å²) in [5.41, 5.74) is 3.57. The van der Waals surface area contributed by atoms with E-state index in [0.717, 1.165) is 31.5 Å². The number of aromatic nitrogens is 2. The topological polar surface area (TPSA) is 62.1 Å². The van der Waals surface area contributed by atoms with Gasteiger partial charge in [-0.15, -0.1) is 0 Å². The van der Waals surface area contributed by atoms with E-state index < -0.39 is 0 Å². The van der Waals surface area contributed by atoms with Crippen LogP contribution in [0.5, 0.6) is 17.2 Å². The molecule has 172 valence electrons. The summed E-state index contributed by atoms with van der Waals surface area (Å²) in [5.74, 6) is 2.08. The average Bonchev–Trinajstić information content (AvgIpc) is 3.33. The molecule has 0 aliphatic heterocycles. The molecule has 0 N–H and O–H groups in total. The van der Waals surface area contributed by atoms with Crippen molar-refractivity contribution in [3.05, 3.63) is 90.2 Å². The molecule has 0 aliphatic rings. The standard InChI is InChI=1S/C26H21IN2O4S/c1-16-6-5-7-18(12-16)32-10-11-33-24-19(27)13-17(14-22(24)31-2)15-23-25(30)29-21-9-4-3-8-20(21)28-26(29)34-23/h3-9,12-15H,10-11H2,1-2H3/b23-15-. The van der Waals surface area contributed by atoms with Crippen LogP contribution in [0.15, 0.2) is 65.5 Å². The van der Waals surface area contributed by atoms with Crippen molar-refractivity contribution in [3.63, 3.8) is 0 Å². The van der Waals surface area contributed by atoms with Gasteiger partial charge in [0.15, 0.2) is 16.5 Å². The first-order valence-corrected chi connectivity index (χ1v) is 12.5. The molecule has 5 rings (SSSR count). The normalized spacial score (nSPS) is 11.9. The Morgan fingerprint density at radius 2 is 1.88 bits per heavy atom. The van der Waals surface area contributed by atoms with E-state index in [0.29, 0.717) is 34.2 Å². The maximum absolute atomic E-state index is 13.1. The quantitative estimate of drug-likeness (QED) is 0.203. The largest absolute Gasteiger partial charge is 0.493 e. The fourth-order valence-electron chi connectivity index (χ4n) is 3.73. The van der Waals surface area contributed by atoms with Crippen molar-refractivity contribution in [3.8, 4) is 17.2 Å². The van der Waals surface area contributed by atoms with Gasteiger partial charge in [-0.2, -0.15) is 0 Å². The molecule has 0 saturated carbocycles. The van der Waals surface area contributed by atoms with Gasteiger partial charge in [0, 0.05) is 0 Å². The molecule has 8 heteroatoms. The van der Waals surface area contributed by atoms with Crippen LogP contribution in [0, 0.1) is 10.5 Å². The van der Waals surface area contributed by atoms with Crippen molar-refractivity contribution in [2.45, 2.75) is 6.92 Å². The van der Waals surface area contributed by atoms with Gasteiger partial charge in [-0.05, 0) is 83.1 Å². The number of methoxy groups -OCH3 is 1. The second kappa shape index (κ2) is 9.63. The number of rotatable bonds is 7. The summed E-state index contributed by atoms with van der Waals surface area (Å²) in [6, 6.07) is 19.4. The Morgan fingerprint density at radius 3 is 2.71 bits per heavy atom. The monoisotopic (exact) mass is 584 g/mol. The molecule has 2 aromatic heterocycles. The molecule has 34 heavy (non-hydrogen) atoms. The zero-order valence-electron chi connectivity index (χ0n) is 18.6. The molecule has 6 nitrogen and oxygen atoms in total. The summed E-state index contributed by atoms with van der Waals surface area (Å²) < 4.78 is 20.5. The van der Waals surface area contributed by atoms with Crippen molar-refractivity contribution >= 4 is 56.0 Å². The third-order valence-corrected chi connectivity index (χ3v) is 7.05. The minimum absolute atomic E-state index is 0.0729. The summed E-state index contributed by atoms with van der Waals surface area (Å²) in [5, 5.41) is 0. The van der Waals surface area contributed by atoms with Crippen LogP contribution in [0.1, 0.15) is 11.1 Å². The maximum Gasteiger partial charge on any atom is 0.274 e. The number of para-hydroxylation sites is 2. The molecule has 0 spiro atoms. The van der Waals surface area contributed by atoms with E-state index in [1.54, 1.807) is 11.5 Å². The molecule has 3 aromatic carbocycles. The molecular formula is C26H21IN2O4S. The molecule has 5 aromatic rings. The van der Waals surface area contributed by atoms with Gasteiger partial charge in [-0.1, -0.05) is 35.6 Å². The van der Waals surface area contributed by atoms with Crippen LogP contribution in [0.2, 0.25) is 0 Å². The Morgan fingerprint density at radius 1 is 1.06 bits per heavy atom. The molecule has 0 saturated heterocycles. The fraction of sp³-hybridized carbons (Fsp3) is 0.154. The zero-order chi connectivity index (χ0) is 23.7. The number of nitrogens with zero attached hydrogens (tertiary/aromatic N) is 2. The maximum atomic E-state index is 13.1. The van der Waals surface area contributed by atoms with Gasteiger partial charge in [0.2, 0.25) is 0 Å². The molecule has 0 fully saturated rings. The van der Waals surface area contributed by atoms with Crippen LogP contribution in [-0.4, -0.2) is 29.7 Å². The highest BCUT2D eigenvalue weighted by molar-refractivity contribution is 14.1. The van der Waals surface area contributed by atoms with Crippen molar-refractivity contribution < 1.29 is 14.2 Å². The van der Waals surface area contributed by atoms with E-state index >= 15 is 0 Å². The second-order valence-corrected chi connectivity index (χ2v) is 9.85. The summed E-state index contributed by atoms with van der Waals surface area (Å²) in [6.07, 6.45) is 1.87. The highest BCUT2D eigenvalue weighted by Crippen LogP contribution is 2.34. The lowest BCUT2D eigenvalue weighted by Crippen LogP contribution is -2.22. The van der Waals surface area contributed by atoms with Crippen LogP contribution in [0.25, 0.3) is 22.1 Å². The third-order valence-electron chi connectivity index (χ3n) is 5.28. The Labute approximate surface area is 213 Å². The van der Waals surface area contributed by atoms with Crippen molar-refractivity contribution in [1.82, 2.24) is 9.38 Å². The number of hydrogen-bond acceptors (Lipinski definition) is 6. The van der Waals surface area contributed by atoms with Gasteiger partial charge in [0.05, 0.1) is 26.2 Å². The molecule has 0 atom stereocenters. The number of benzene rings is 3. The molecule has 0 radical (unpaired) electrons. The third kappa shape index (κ3) is 4.47. The van der Waals surface area contributed by atoms with Crippen molar-refractivity contribution in [1.29, 1.82) is 0 Å². The van der Waals surface area contributed by atoms with Gasteiger partial charge in [0.1, 0.15) is 19.0 Å². The number of aryl methyl sites for hydroxylation is 1. The molecule has 0 bridgehead atoms. The van der Waals surface area contributed by atoms with Crippen LogP contribution < -0.4 is 24.3 Å². The van der Waals surface area contributed by atoms with E-state index in [-0.39, 0.29) is 5.56 Å². The fourth-order valence-corrected chi connectivity index (χ4v) is 5.50. The number of ether oxygens (including phenoxy) is 3. The predicted molar refractivity (Wildman–Crippen MR) is 144 cm³/mol. The second-order valence-electron chi connectivity index (χ2n) is 7.68. The van der Waals surface area contributed by atoms with E-state index in [1.165, 1.54) is 11.3 Å². The van der Waals surface area contributed by atoms with Gasteiger partial charge >= 0.3 is 0 Å². The number of imidazole rings is 1. The predicted octanol–water partition coefficient (Wildman–Crippen LogP) is 4.84. The first kappa shape index (κ1) is 22.7. The van der Waals surface area contributed by atoms with E-state index in [9.17, 15) is 4.79 Å². The summed E-state index contributed by atoms with van der Waals surface area (Å²) in [7, 11) is 1.61. The Bertz CT molecular complexity index is 1610. The minimum Gasteiger partial charge on any atom is -0.493 e. The Balaban J connectivity index is 1.38. The van der Waals surface area contributed by atoms with Gasteiger partial charge in [0.25, 0.3) is 5.56 Å². The highest BCUT2D eigenvalue weighted by Gasteiger charge is 2.13. The lowest BCUT2D eigenvalue weighted by molar-refractivity contribution is 0.210. The molecule has 2 heterocycles. The van der Waals surface area contributed by atoms with Gasteiger partial charge < -0.3 is 14.2 Å². The lowest BCUT2D eigenvalue weighted by Gasteiger charge is -2.14. The van der Waals surface area contributed by atoms with Crippen LogP contribution in [0.4, 0.5) is 0 Å². The number of hydrogen-bond donors (Lipinski definition) is 0. The Kier molecular flexibility index (Phi) is 6.42. The van der Waals surface area contributed by atoms with E-state index in [2.05, 4.69) is 27.6 Å². The first-order valence-electron chi connectivity index (χ1n) is 10.6. The molecule has 0 aliphatic carbocycles. The minimum atomic E-state index is -0.0729. The zero-order valence-corrected chi connectivity index (χ0v) is 21.6. The molecule has 0 unspecified atom stereocenters. The SMILES string of the molecule is COc1cc(/C=c2\sc3nc4ccccc4n3c2=O)cc(I)c1OCCOc1cccc(C)c1. The lowest BCUT2D eigenvalue weighted by atomic mass is 10.2. The van der Waals surface area contributed by atoms with Crippen molar-refractivity contribution in [2.75, 3.05) is 20.3 Å². The number of halogens is 1. The first-order chi connectivity index (χ1) is 16.5. The smallest absolute Gasteiger partial charge is 0.274 e. The summed E-state index contributed by atoms with van der Waals surface area (Å²) >= 11 is 3.60. The van der Waals surface area contributed by atoms with Crippen molar-refractivity contribution in [2.24, 2.45) is 0 Å². The van der Waals surface area contributed by atoms with Crippen LogP contribution in [0.3, 0.4) is 0 Å². The Hall–Kier alpha value is -3.11. The van der Waals surface area contributed by atoms with E-state index in [4.69, 9.17) is 14.2 Å². The number of thiazole rings is 1. The molecule has 0 amide bonds. The summed E-state index contributed by atoms with van der Waals surface area (Å²) in [4.78, 5) is 18.3. The number of fused-ring (bicyclic) bond motifs is 3. The summed E-state index contributed by atoms with van der Waals surface area (Å²) in [6.45, 7) is 2.82. The van der Waals surface area contributed by atoms with Crippen LogP contribution in [-0.2, 0) is 0 Å². The van der Waals surface area contributed by atoms with E-state index in [1.807, 2.05) is 73.7 Å². The van der Waals surface area contributed by atoms with Crippen LogP contribution >= 0.6 is 33.9 Å². The highest BCUT2D eigenvalue weighted by atomic mass is 127. The average molecular weight is 584 g/mol. The van der Waals surface area contributed by atoms with Gasteiger partial charge in [-0.25, -0.2) is 9.38 Å².